The van der Waals surface area contributed by atoms with E-state index >= 15 is 0 Å². The third kappa shape index (κ3) is 4.56. The van der Waals surface area contributed by atoms with E-state index in [9.17, 15) is 4.79 Å². The van der Waals surface area contributed by atoms with Crippen LogP contribution in [0.25, 0.3) is 0 Å². The van der Waals surface area contributed by atoms with Gasteiger partial charge in [-0.25, -0.2) is 4.79 Å². The van der Waals surface area contributed by atoms with Gasteiger partial charge >= 0.3 is 6.03 Å². The van der Waals surface area contributed by atoms with Crippen molar-refractivity contribution in [2.45, 2.75) is 31.1 Å². The molecule has 0 saturated heterocycles. The Morgan fingerprint density at radius 3 is 2.00 bits per heavy atom. The second-order valence-electron chi connectivity index (χ2n) is 7.44. The molecule has 1 aliphatic rings. The van der Waals surface area contributed by atoms with E-state index in [0.717, 1.165) is 31.4 Å². The van der Waals surface area contributed by atoms with Gasteiger partial charge in [0.1, 0.15) is 5.75 Å². The molecule has 7 nitrogen and oxygen atoms in total. The number of hydrogen-bond acceptors (Lipinski definition) is 5. The number of benzene rings is 2. The molecule has 1 saturated carbocycles. The number of carbonyl (C=O) groups is 1. The van der Waals surface area contributed by atoms with Crippen molar-refractivity contribution in [3.63, 3.8) is 0 Å². The molecule has 2 aromatic carbocycles. The van der Waals surface area contributed by atoms with Crippen LogP contribution in [0.3, 0.4) is 0 Å². The van der Waals surface area contributed by atoms with E-state index in [2.05, 4.69) is 22.8 Å². The van der Waals surface area contributed by atoms with Gasteiger partial charge in [0, 0.05) is 24.1 Å². The molecule has 0 aromatic heterocycles. The third-order valence-corrected chi connectivity index (χ3v) is 5.77. The monoisotopic (exact) mass is 414 g/mol. The van der Waals surface area contributed by atoms with Crippen LogP contribution in [0, 0.1) is 0 Å². The molecule has 7 heteroatoms. The Hall–Kier alpha value is -3.09. The fourth-order valence-electron chi connectivity index (χ4n) is 4.14. The van der Waals surface area contributed by atoms with Crippen molar-refractivity contribution < 1.29 is 23.7 Å². The van der Waals surface area contributed by atoms with E-state index < -0.39 is 0 Å². The molecule has 0 bridgehead atoms. The van der Waals surface area contributed by atoms with Crippen molar-refractivity contribution >= 4 is 11.7 Å². The summed E-state index contributed by atoms with van der Waals surface area (Å²) in [5.41, 5.74) is 1.74. The van der Waals surface area contributed by atoms with Crippen LogP contribution < -0.4 is 29.6 Å². The molecule has 0 unspecified atom stereocenters. The molecule has 30 heavy (non-hydrogen) atoms. The van der Waals surface area contributed by atoms with E-state index in [1.807, 2.05) is 12.1 Å². The summed E-state index contributed by atoms with van der Waals surface area (Å²) in [7, 11) is 6.29. The Morgan fingerprint density at radius 1 is 0.900 bits per heavy atom. The second kappa shape index (κ2) is 9.61. The molecule has 2 amide bonds. The molecule has 0 spiro atoms. The van der Waals surface area contributed by atoms with Gasteiger partial charge < -0.3 is 29.6 Å². The Labute approximate surface area is 177 Å². The number of urea groups is 1. The zero-order chi connectivity index (χ0) is 21.6. The quantitative estimate of drug-likeness (QED) is 0.671. The fraction of sp³-hybridized carbons (Fsp3) is 0.435. The maximum atomic E-state index is 12.6. The van der Waals surface area contributed by atoms with Crippen LogP contribution in [0.4, 0.5) is 10.5 Å². The van der Waals surface area contributed by atoms with Crippen molar-refractivity contribution in [1.29, 1.82) is 0 Å². The van der Waals surface area contributed by atoms with Crippen LogP contribution in [0.1, 0.15) is 31.2 Å². The van der Waals surface area contributed by atoms with Crippen molar-refractivity contribution in [3.05, 3.63) is 42.0 Å². The van der Waals surface area contributed by atoms with Gasteiger partial charge in [-0.3, -0.25) is 0 Å². The van der Waals surface area contributed by atoms with Crippen LogP contribution in [-0.2, 0) is 5.41 Å². The first kappa shape index (κ1) is 21.6. The molecule has 1 aliphatic carbocycles. The maximum Gasteiger partial charge on any atom is 0.319 e. The van der Waals surface area contributed by atoms with Crippen molar-refractivity contribution in [3.8, 4) is 23.0 Å². The van der Waals surface area contributed by atoms with E-state index in [0.29, 0.717) is 29.5 Å². The predicted octanol–water partition coefficient (Wildman–Crippen LogP) is 4.35. The number of hydrogen-bond donors (Lipinski definition) is 2. The summed E-state index contributed by atoms with van der Waals surface area (Å²) in [6.07, 6.45) is 4.40. The van der Waals surface area contributed by atoms with E-state index in [4.69, 9.17) is 18.9 Å². The number of carbonyl (C=O) groups excluding carboxylic acids is 1. The number of ether oxygens (including phenoxy) is 4. The van der Waals surface area contributed by atoms with Crippen LogP contribution in [0.2, 0.25) is 0 Å². The Kier molecular flexibility index (Phi) is 6.92. The molecule has 1 fully saturated rings. The van der Waals surface area contributed by atoms with Crippen molar-refractivity contribution in [1.82, 2.24) is 5.32 Å². The van der Waals surface area contributed by atoms with Gasteiger partial charge in [-0.1, -0.05) is 25.0 Å². The first-order chi connectivity index (χ1) is 14.5. The summed E-state index contributed by atoms with van der Waals surface area (Å²) in [6.45, 7) is 0.565. The first-order valence-electron chi connectivity index (χ1n) is 10.0. The average molecular weight is 415 g/mol. The molecule has 3 rings (SSSR count). The standard InChI is InChI=1S/C23H30N2O5/c1-27-18-9-7-16(8-10-18)23(11-5-6-12-23)15-24-22(26)25-17-13-19(28-2)21(30-4)20(14-17)29-3/h7-10,13-14H,5-6,11-12,15H2,1-4H3,(H2,24,25,26). The minimum atomic E-state index is -0.274. The highest BCUT2D eigenvalue weighted by Crippen LogP contribution is 2.42. The Morgan fingerprint density at radius 2 is 1.50 bits per heavy atom. The molecular formula is C23H30N2O5. The van der Waals surface area contributed by atoms with Gasteiger partial charge in [-0.15, -0.1) is 0 Å². The maximum absolute atomic E-state index is 12.6. The Bertz CT molecular complexity index is 835. The van der Waals surface area contributed by atoms with Crippen LogP contribution in [-0.4, -0.2) is 41.0 Å². The lowest BCUT2D eigenvalue weighted by Crippen LogP contribution is -2.40. The lowest BCUT2D eigenvalue weighted by Gasteiger charge is -2.30. The third-order valence-electron chi connectivity index (χ3n) is 5.77. The minimum Gasteiger partial charge on any atom is -0.497 e. The van der Waals surface area contributed by atoms with Crippen molar-refractivity contribution in [2.75, 3.05) is 40.3 Å². The minimum absolute atomic E-state index is 0.0566. The largest absolute Gasteiger partial charge is 0.497 e. The lowest BCUT2D eigenvalue weighted by molar-refractivity contribution is 0.248. The van der Waals surface area contributed by atoms with E-state index in [1.165, 1.54) is 5.56 Å². The zero-order valence-electron chi connectivity index (χ0n) is 18.0. The summed E-state index contributed by atoms with van der Waals surface area (Å²) in [5.74, 6) is 2.28. The van der Waals surface area contributed by atoms with Crippen LogP contribution >= 0.6 is 0 Å². The van der Waals surface area contributed by atoms with Gasteiger partial charge in [0.25, 0.3) is 0 Å². The highest BCUT2D eigenvalue weighted by Gasteiger charge is 2.36. The summed E-state index contributed by atoms with van der Waals surface area (Å²) < 4.78 is 21.3. The number of amides is 2. The molecule has 2 aromatic rings. The molecule has 0 aliphatic heterocycles. The topological polar surface area (TPSA) is 78.1 Å². The smallest absolute Gasteiger partial charge is 0.319 e. The summed E-state index contributed by atoms with van der Waals surface area (Å²) in [6, 6.07) is 11.3. The van der Waals surface area contributed by atoms with E-state index in [-0.39, 0.29) is 11.4 Å². The predicted molar refractivity (Wildman–Crippen MR) is 116 cm³/mol. The molecule has 162 valence electrons. The summed E-state index contributed by atoms with van der Waals surface area (Å²) in [4.78, 5) is 12.6. The van der Waals surface area contributed by atoms with Gasteiger partial charge in [0.15, 0.2) is 11.5 Å². The number of anilines is 1. The molecule has 0 heterocycles. The zero-order valence-corrected chi connectivity index (χ0v) is 18.0. The van der Waals surface area contributed by atoms with Gasteiger partial charge in [0.05, 0.1) is 34.1 Å². The number of methoxy groups -OCH3 is 4. The summed E-state index contributed by atoms with van der Waals surface area (Å²) in [5, 5.41) is 5.92. The first-order valence-corrected chi connectivity index (χ1v) is 10.0. The van der Waals surface area contributed by atoms with Crippen LogP contribution in [0.15, 0.2) is 36.4 Å². The normalized spacial score (nSPS) is 14.7. The van der Waals surface area contributed by atoms with Gasteiger partial charge in [-0.05, 0) is 30.5 Å². The Balaban J connectivity index is 1.71. The second-order valence-corrected chi connectivity index (χ2v) is 7.44. The number of rotatable bonds is 8. The fourth-order valence-corrected chi connectivity index (χ4v) is 4.14. The average Bonchev–Trinajstić information content (AvgIpc) is 3.27. The summed E-state index contributed by atoms with van der Waals surface area (Å²) >= 11 is 0. The molecule has 0 atom stereocenters. The lowest BCUT2D eigenvalue weighted by atomic mass is 9.79. The number of nitrogens with one attached hydrogen (secondary N) is 2. The van der Waals surface area contributed by atoms with Gasteiger partial charge in [-0.2, -0.15) is 0 Å². The SMILES string of the molecule is COc1ccc(C2(CNC(=O)Nc3cc(OC)c(OC)c(OC)c3)CCCC2)cc1. The van der Waals surface area contributed by atoms with E-state index in [1.54, 1.807) is 40.6 Å². The van der Waals surface area contributed by atoms with Gasteiger partial charge in [0.2, 0.25) is 5.75 Å². The molecular weight excluding hydrogens is 384 g/mol. The van der Waals surface area contributed by atoms with Crippen LogP contribution in [0.5, 0.6) is 23.0 Å². The highest BCUT2D eigenvalue weighted by molar-refractivity contribution is 5.90. The van der Waals surface area contributed by atoms with Crippen molar-refractivity contribution in [2.24, 2.45) is 0 Å². The molecule has 0 radical (unpaired) electrons. The molecule has 2 N–H and O–H groups in total. The highest BCUT2D eigenvalue weighted by atomic mass is 16.5.